The van der Waals surface area contributed by atoms with Crippen LogP contribution in [-0.4, -0.2) is 48.1 Å². The first-order valence-electron chi connectivity index (χ1n) is 9.68. The summed E-state index contributed by atoms with van der Waals surface area (Å²) in [6, 6.07) is 21.2. The van der Waals surface area contributed by atoms with E-state index in [1.165, 1.54) is 5.39 Å². The Morgan fingerprint density at radius 1 is 0.929 bits per heavy atom. The lowest BCUT2D eigenvalue weighted by Gasteiger charge is -2.38. The minimum absolute atomic E-state index is 0.0216. The van der Waals surface area contributed by atoms with Crippen LogP contribution < -0.4 is 10.2 Å². The molecule has 1 aliphatic heterocycles. The zero-order valence-corrected chi connectivity index (χ0v) is 16.0. The Hall–Kier alpha value is -3.05. The van der Waals surface area contributed by atoms with Crippen LogP contribution in [0.5, 0.6) is 5.75 Å². The molecule has 144 valence electrons. The highest BCUT2D eigenvalue weighted by Crippen LogP contribution is 2.22. The number of amides is 1. The fraction of sp³-hybridized carbons (Fsp3) is 0.261. The van der Waals surface area contributed by atoms with Gasteiger partial charge in [0.05, 0.1) is 6.04 Å². The number of fused-ring (bicyclic) bond motifs is 1. The van der Waals surface area contributed by atoms with Crippen LogP contribution in [0.25, 0.3) is 10.8 Å². The summed E-state index contributed by atoms with van der Waals surface area (Å²) >= 11 is 0. The number of benzene rings is 3. The largest absolute Gasteiger partial charge is 0.508 e. The number of nitrogens with one attached hydrogen (secondary N) is 1. The second kappa shape index (κ2) is 7.90. The van der Waals surface area contributed by atoms with Gasteiger partial charge in [0.15, 0.2) is 0 Å². The van der Waals surface area contributed by atoms with Gasteiger partial charge in [-0.25, -0.2) is 0 Å². The van der Waals surface area contributed by atoms with Crippen LogP contribution in [0.2, 0.25) is 0 Å². The highest BCUT2D eigenvalue weighted by molar-refractivity contribution is 5.97. The molecule has 4 rings (SSSR count). The number of carbonyl (C=O) groups is 1. The van der Waals surface area contributed by atoms with Gasteiger partial charge in [0, 0.05) is 37.6 Å². The highest BCUT2D eigenvalue weighted by Gasteiger charge is 2.25. The molecule has 1 saturated heterocycles. The Morgan fingerprint density at radius 3 is 2.32 bits per heavy atom. The zero-order chi connectivity index (χ0) is 19.5. The normalized spacial score (nSPS) is 16.1. The molecule has 0 unspecified atom stereocenters. The van der Waals surface area contributed by atoms with Crippen molar-refractivity contribution in [3.05, 3.63) is 66.7 Å². The molecule has 0 aromatic heterocycles. The molecule has 0 saturated carbocycles. The minimum atomic E-state index is -0.187. The third-order valence-electron chi connectivity index (χ3n) is 5.47. The summed E-state index contributed by atoms with van der Waals surface area (Å²) in [5.74, 6) is 0.301. The second-order valence-corrected chi connectivity index (χ2v) is 7.27. The molecule has 3 aromatic rings. The van der Waals surface area contributed by atoms with E-state index in [9.17, 15) is 9.90 Å². The van der Waals surface area contributed by atoms with Crippen LogP contribution >= 0.6 is 0 Å². The van der Waals surface area contributed by atoms with Crippen LogP contribution in [0.1, 0.15) is 6.92 Å². The number of nitrogens with zero attached hydrogens (tertiary/aromatic N) is 2. The van der Waals surface area contributed by atoms with Gasteiger partial charge in [-0.2, -0.15) is 0 Å². The highest BCUT2D eigenvalue weighted by atomic mass is 16.3. The fourth-order valence-corrected chi connectivity index (χ4v) is 3.71. The third-order valence-corrected chi connectivity index (χ3v) is 5.47. The Bertz CT molecular complexity index is 963. The molecule has 5 nitrogen and oxygen atoms in total. The van der Waals surface area contributed by atoms with Gasteiger partial charge in [-0.05, 0) is 54.1 Å². The maximum Gasteiger partial charge on any atom is 0.241 e. The van der Waals surface area contributed by atoms with E-state index >= 15 is 0 Å². The number of hydrogen-bond donors (Lipinski definition) is 2. The average molecular weight is 375 g/mol. The molecule has 0 aliphatic carbocycles. The summed E-state index contributed by atoms with van der Waals surface area (Å²) in [5, 5.41) is 14.8. The summed E-state index contributed by atoms with van der Waals surface area (Å²) in [7, 11) is 0. The molecule has 1 fully saturated rings. The Kier molecular flexibility index (Phi) is 5.17. The van der Waals surface area contributed by atoms with Gasteiger partial charge in [0.2, 0.25) is 5.91 Å². The number of hydrogen-bond acceptors (Lipinski definition) is 4. The minimum Gasteiger partial charge on any atom is -0.508 e. The zero-order valence-electron chi connectivity index (χ0n) is 16.0. The monoisotopic (exact) mass is 375 g/mol. The molecule has 2 N–H and O–H groups in total. The van der Waals surface area contributed by atoms with Crippen LogP contribution in [0.4, 0.5) is 11.4 Å². The number of rotatable bonds is 4. The molecule has 1 atom stereocenters. The topological polar surface area (TPSA) is 55.8 Å². The van der Waals surface area contributed by atoms with Crippen molar-refractivity contribution < 1.29 is 9.90 Å². The van der Waals surface area contributed by atoms with Crippen LogP contribution in [0.3, 0.4) is 0 Å². The molecular weight excluding hydrogens is 350 g/mol. The first-order chi connectivity index (χ1) is 13.6. The number of phenolic OH excluding ortho intramolecular Hbond substituents is 1. The molecule has 1 heterocycles. The van der Waals surface area contributed by atoms with E-state index in [0.717, 1.165) is 42.9 Å². The molecule has 28 heavy (non-hydrogen) atoms. The molecule has 1 aliphatic rings. The predicted octanol–water partition coefficient (Wildman–Crippen LogP) is 3.69. The van der Waals surface area contributed by atoms with E-state index in [1.807, 2.05) is 49.4 Å². The lowest BCUT2D eigenvalue weighted by molar-refractivity contribution is -0.120. The summed E-state index contributed by atoms with van der Waals surface area (Å²) in [6.07, 6.45) is 0. The third kappa shape index (κ3) is 3.94. The maximum absolute atomic E-state index is 12.7. The smallest absolute Gasteiger partial charge is 0.241 e. The number of aromatic hydroxyl groups is 1. The maximum atomic E-state index is 12.7. The van der Waals surface area contributed by atoms with E-state index in [4.69, 9.17) is 0 Å². The molecule has 1 amide bonds. The van der Waals surface area contributed by atoms with E-state index in [1.54, 1.807) is 12.1 Å². The van der Waals surface area contributed by atoms with E-state index in [-0.39, 0.29) is 17.7 Å². The summed E-state index contributed by atoms with van der Waals surface area (Å²) in [5.41, 5.74) is 1.93. The molecule has 0 bridgehead atoms. The Balaban J connectivity index is 1.35. The van der Waals surface area contributed by atoms with E-state index in [2.05, 4.69) is 27.2 Å². The van der Waals surface area contributed by atoms with Crippen molar-refractivity contribution in [2.75, 3.05) is 36.4 Å². The van der Waals surface area contributed by atoms with E-state index in [0.29, 0.717) is 0 Å². The van der Waals surface area contributed by atoms with Gasteiger partial charge >= 0.3 is 0 Å². The van der Waals surface area contributed by atoms with Gasteiger partial charge in [0.1, 0.15) is 5.75 Å². The quantitative estimate of drug-likeness (QED) is 0.730. The van der Waals surface area contributed by atoms with Crippen LogP contribution in [0, 0.1) is 0 Å². The van der Waals surface area contributed by atoms with Crippen molar-refractivity contribution in [1.82, 2.24) is 4.90 Å². The molecule has 5 heteroatoms. The summed E-state index contributed by atoms with van der Waals surface area (Å²) in [6.45, 7) is 5.34. The van der Waals surface area contributed by atoms with Crippen molar-refractivity contribution in [2.45, 2.75) is 13.0 Å². The Morgan fingerprint density at radius 2 is 1.61 bits per heavy atom. The Labute approximate surface area is 165 Å². The van der Waals surface area contributed by atoms with Crippen LogP contribution in [-0.2, 0) is 4.79 Å². The van der Waals surface area contributed by atoms with Crippen molar-refractivity contribution in [2.24, 2.45) is 0 Å². The van der Waals surface area contributed by atoms with Crippen molar-refractivity contribution >= 4 is 28.1 Å². The van der Waals surface area contributed by atoms with Crippen molar-refractivity contribution in [3.63, 3.8) is 0 Å². The number of carbonyl (C=O) groups excluding carboxylic acids is 1. The standard InChI is InChI=1S/C23H25N3O2/c1-17(23(28)24-20-7-6-18-4-2-3-5-19(18)16-20)25-12-14-26(15-13-25)21-8-10-22(27)11-9-21/h2-11,16-17,27H,12-15H2,1H3,(H,24,28)/t17-/m0/s1. The lowest BCUT2D eigenvalue weighted by Crippen LogP contribution is -2.52. The van der Waals surface area contributed by atoms with Gasteiger partial charge in [-0.1, -0.05) is 30.3 Å². The first-order valence-corrected chi connectivity index (χ1v) is 9.68. The SMILES string of the molecule is C[C@@H](C(=O)Nc1ccc2ccccc2c1)N1CCN(c2ccc(O)cc2)CC1. The molecule has 0 radical (unpaired) electrons. The van der Waals surface area contributed by atoms with Crippen molar-refractivity contribution in [3.8, 4) is 5.75 Å². The summed E-state index contributed by atoms with van der Waals surface area (Å²) in [4.78, 5) is 17.2. The van der Waals surface area contributed by atoms with E-state index < -0.39 is 0 Å². The number of anilines is 2. The second-order valence-electron chi connectivity index (χ2n) is 7.27. The molecular formula is C23H25N3O2. The molecule has 3 aromatic carbocycles. The summed E-state index contributed by atoms with van der Waals surface area (Å²) < 4.78 is 0. The van der Waals surface area contributed by atoms with Crippen LogP contribution in [0.15, 0.2) is 66.7 Å². The predicted molar refractivity (Wildman–Crippen MR) is 114 cm³/mol. The number of piperazine rings is 1. The lowest BCUT2D eigenvalue weighted by atomic mass is 10.1. The van der Waals surface area contributed by atoms with Gasteiger partial charge < -0.3 is 15.3 Å². The average Bonchev–Trinajstić information content (AvgIpc) is 2.74. The first kappa shape index (κ1) is 18.3. The molecule has 0 spiro atoms. The van der Waals surface area contributed by atoms with Gasteiger partial charge in [-0.15, -0.1) is 0 Å². The van der Waals surface area contributed by atoms with Crippen molar-refractivity contribution in [1.29, 1.82) is 0 Å². The van der Waals surface area contributed by atoms with Gasteiger partial charge in [0.25, 0.3) is 0 Å². The van der Waals surface area contributed by atoms with Gasteiger partial charge in [-0.3, -0.25) is 9.69 Å². The number of phenols is 1. The fourth-order valence-electron chi connectivity index (χ4n) is 3.71.